The van der Waals surface area contributed by atoms with E-state index in [-0.39, 0.29) is 52.0 Å². The summed E-state index contributed by atoms with van der Waals surface area (Å²) in [5.74, 6) is -3.01. The molecule has 0 N–H and O–H groups in total. The Labute approximate surface area is 350 Å². The van der Waals surface area contributed by atoms with Gasteiger partial charge in [-0.15, -0.1) is 0 Å². The highest BCUT2D eigenvalue weighted by Gasteiger charge is 2.07. The van der Waals surface area contributed by atoms with Gasteiger partial charge in [0, 0.05) is 54.1 Å². The van der Waals surface area contributed by atoms with Gasteiger partial charge >= 0.3 is 47.8 Å². The molecular weight excluding hydrogens is 792 g/mol. The van der Waals surface area contributed by atoms with Crippen molar-refractivity contribution in [2.75, 3.05) is 95.6 Å². The van der Waals surface area contributed by atoms with E-state index in [0.29, 0.717) is 18.8 Å². The molecular formula is C38H74O21. The summed E-state index contributed by atoms with van der Waals surface area (Å²) in [6.45, 7) is 24.8. The van der Waals surface area contributed by atoms with Crippen molar-refractivity contribution < 1.29 is 99.9 Å². The predicted molar refractivity (Wildman–Crippen MR) is 213 cm³/mol. The molecule has 59 heavy (non-hydrogen) atoms. The standard InChI is InChI=1S/2C6H10O5.C6H10O3.C5H8O4.C5H10O2.C4H10O.C3H8O.C3H8/c1-9-5(7)3-11-4-6(8)10-2;1-5(7)10-3-9-4-11-6(2)8;1-5(2)8-4-9-6(3)7;1-8-4(6)3-5(7)9-2;1-3-5(6)7-4-2;1-3-5-4-2;1-3-4-2;1-3-2/h2*3-4H2,1-2H3;1,4H2,2-3H3;3H2,1-2H3;3-4H2,1-2H3;3-4H2,1-2H3;3H2,1-2H3;3H2,1-2H3. The lowest BCUT2D eigenvalue weighted by Crippen LogP contribution is -2.16. The van der Waals surface area contributed by atoms with Crippen molar-refractivity contribution in [1.29, 1.82) is 0 Å². The van der Waals surface area contributed by atoms with Crippen LogP contribution in [-0.4, -0.2) is 143 Å². The van der Waals surface area contributed by atoms with Gasteiger partial charge in [-0.3, -0.25) is 28.8 Å². The molecule has 0 spiro atoms. The van der Waals surface area contributed by atoms with E-state index in [9.17, 15) is 38.4 Å². The van der Waals surface area contributed by atoms with Crippen LogP contribution >= 0.6 is 0 Å². The Bertz CT molecular complexity index is 951. The first-order chi connectivity index (χ1) is 27.7. The van der Waals surface area contributed by atoms with Crippen LogP contribution in [0.25, 0.3) is 0 Å². The maximum atomic E-state index is 10.4. The summed E-state index contributed by atoms with van der Waals surface area (Å²) in [6, 6.07) is 0. The lowest BCUT2D eigenvalue weighted by atomic mass is 10.4. The molecule has 352 valence electrons. The van der Waals surface area contributed by atoms with Crippen LogP contribution in [0.5, 0.6) is 0 Å². The maximum Gasteiger partial charge on any atom is 0.331 e. The lowest BCUT2D eigenvalue weighted by molar-refractivity contribution is -0.173. The number of hydrogen-bond donors (Lipinski definition) is 0. The summed E-state index contributed by atoms with van der Waals surface area (Å²) >= 11 is 0. The monoisotopic (exact) mass is 866 g/mol. The van der Waals surface area contributed by atoms with Gasteiger partial charge in [-0.25, -0.2) is 9.59 Å². The molecule has 0 fully saturated rings. The number of methoxy groups -OCH3 is 5. The Balaban J connectivity index is -0.0000000864. The largest absolute Gasteiger partial charge is 0.469 e. The van der Waals surface area contributed by atoms with Gasteiger partial charge in [-0.05, 0) is 34.6 Å². The van der Waals surface area contributed by atoms with Crippen molar-refractivity contribution in [3.8, 4) is 0 Å². The minimum atomic E-state index is -0.582. The second-order valence-electron chi connectivity index (χ2n) is 9.51. The van der Waals surface area contributed by atoms with Crippen molar-refractivity contribution >= 4 is 47.8 Å². The van der Waals surface area contributed by atoms with E-state index >= 15 is 0 Å². The van der Waals surface area contributed by atoms with Crippen LogP contribution in [0, 0.1) is 0 Å². The molecule has 0 aromatic heterocycles. The molecule has 0 bridgehead atoms. The van der Waals surface area contributed by atoms with Gasteiger partial charge in [0.1, 0.15) is 19.6 Å². The number of carbonyl (C=O) groups is 8. The van der Waals surface area contributed by atoms with E-state index in [1.54, 1.807) is 27.9 Å². The Morgan fingerprint density at radius 1 is 0.407 bits per heavy atom. The van der Waals surface area contributed by atoms with Crippen LogP contribution in [0.4, 0.5) is 0 Å². The molecule has 21 nitrogen and oxygen atoms in total. The molecule has 0 atom stereocenters. The molecule has 0 radical (unpaired) electrons. The van der Waals surface area contributed by atoms with Crippen molar-refractivity contribution in [2.45, 2.75) is 95.4 Å². The summed E-state index contributed by atoms with van der Waals surface area (Å²) in [6.07, 6.45) is 1.42. The molecule has 21 heteroatoms. The molecule has 0 saturated carbocycles. The number of esters is 8. The normalized spacial score (nSPS) is 8.34. The molecule has 0 aromatic rings. The molecule has 0 aliphatic heterocycles. The summed E-state index contributed by atoms with van der Waals surface area (Å²) in [7, 11) is 6.59. The number of allylic oxidation sites excluding steroid dienone is 1. The van der Waals surface area contributed by atoms with Crippen LogP contribution < -0.4 is 0 Å². The first-order valence-corrected chi connectivity index (χ1v) is 18.0. The fourth-order valence-corrected chi connectivity index (χ4v) is 1.56. The highest BCUT2D eigenvalue weighted by Crippen LogP contribution is 1.89. The van der Waals surface area contributed by atoms with Crippen LogP contribution in [0.15, 0.2) is 12.3 Å². The molecule has 0 aliphatic carbocycles. The predicted octanol–water partition coefficient (Wildman–Crippen LogP) is 4.24. The zero-order valence-corrected chi connectivity index (χ0v) is 38.3. The summed E-state index contributed by atoms with van der Waals surface area (Å²) < 4.78 is 57.8. The molecule has 0 saturated heterocycles. The lowest BCUT2D eigenvalue weighted by Gasteiger charge is -2.02. The highest BCUT2D eigenvalue weighted by atomic mass is 16.8. The van der Waals surface area contributed by atoms with E-state index in [4.69, 9.17) is 9.47 Å². The van der Waals surface area contributed by atoms with Crippen LogP contribution in [0.2, 0.25) is 0 Å². The third-order valence-corrected chi connectivity index (χ3v) is 4.19. The smallest absolute Gasteiger partial charge is 0.331 e. The van der Waals surface area contributed by atoms with Crippen LogP contribution in [0.3, 0.4) is 0 Å². The molecule has 0 unspecified atom stereocenters. The Morgan fingerprint density at radius 2 is 0.746 bits per heavy atom. The number of ether oxygens (including phenoxy) is 13. The van der Waals surface area contributed by atoms with Crippen molar-refractivity contribution in [1.82, 2.24) is 0 Å². The van der Waals surface area contributed by atoms with Gasteiger partial charge in [0.15, 0.2) is 13.6 Å². The fraction of sp³-hybridized carbons (Fsp3) is 0.737. The van der Waals surface area contributed by atoms with E-state index in [2.05, 4.69) is 72.5 Å². The minimum absolute atomic E-state index is 0.0370. The average Bonchev–Trinajstić information content (AvgIpc) is 3.18. The molecule has 0 aliphatic rings. The second kappa shape index (κ2) is 65.0. The SMILES string of the molecule is C=C(C)OCOC(C)=O.CC(=O)OCOCOC(C)=O.CCC.CCOC.CCOC(=O)CC.CCOCC.COC(=O)CC(=O)OC.COC(=O)COCC(=O)OC. The molecule has 0 aromatic carbocycles. The first kappa shape index (κ1) is 71.8. The third-order valence-electron chi connectivity index (χ3n) is 4.19. The topological polar surface area (TPSA) is 257 Å². The second-order valence-corrected chi connectivity index (χ2v) is 9.51. The van der Waals surface area contributed by atoms with E-state index in [1.807, 2.05) is 20.8 Å². The maximum absolute atomic E-state index is 10.4. The van der Waals surface area contributed by atoms with Gasteiger partial charge in [0.05, 0.1) is 40.8 Å². The van der Waals surface area contributed by atoms with Gasteiger partial charge in [0.25, 0.3) is 0 Å². The Hall–Kier alpha value is -4.86. The number of hydrogen-bond acceptors (Lipinski definition) is 21. The zero-order chi connectivity index (χ0) is 47.9. The van der Waals surface area contributed by atoms with E-state index < -0.39 is 35.8 Å². The third kappa shape index (κ3) is 113. The zero-order valence-electron chi connectivity index (χ0n) is 38.3. The molecule has 0 amide bonds. The molecule has 0 rings (SSSR count). The summed E-state index contributed by atoms with van der Waals surface area (Å²) in [4.78, 5) is 81.8. The molecule has 0 heterocycles. The Morgan fingerprint density at radius 3 is 0.949 bits per heavy atom. The number of carbonyl (C=O) groups excluding carboxylic acids is 8. The van der Waals surface area contributed by atoms with Gasteiger partial charge in [0.2, 0.25) is 6.79 Å². The Kier molecular flexibility index (Phi) is 79.1. The highest BCUT2D eigenvalue weighted by molar-refractivity contribution is 5.90. The summed E-state index contributed by atoms with van der Waals surface area (Å²) in [5.41, 5.74) is 0. The summed E-state index contributed by atoms with van der Waals surface area (Å²) in [5, 5.41) is 0. The van der Waals surface area contributed by atoms with Crippen LogP contribution in [-0.2, 0) is 99.9 Å². The fourth-order valence-electron chi connectivity index (χ4n) is 1.56. The van der Waals surface area contributed by atoms with Crippen molar-refractivity contribution in [3.05, 3.63) is 12.3 Å². The van der Waals surface area contributed by atoms with Crippen LogP contribution in [0.1, 0.15) is 95.4 Å². The quantitative estimate of drug-likeness (QED) is 0.0466. The number of rotatable bonds is 18. The van der Waals surface area contributed by atoms with Gasteiger partial charge in [-0.2, -0.15) is 0 Å². The minimum Gasteiger partial charge on any atom is -0.469 e. The van der Waals surface area contributed by atoms with Crippen molar-refractivity contribution in [2.24, 2.45) is 0 Å². The van der Waals surface area contributed by atoms with E-state index in [1.165, 1.54) is 55.6 Å². The average molecular weight is 867 g/mol. The van der Waals surface area contributed by atoms with Gasteiger partial charge < -0.3 is 61.6 Å². The first-order valence-electron chi connectivity index (χ1n) is 18.0. The van der Waals surface area contributed by atoms with Crippen molar-refractivity contribution in [3.63, 3.8) is 0 Å². The van der Waals surface area contributed by atoms with Gasteiger partial charge in [-0.1, -0.05) is 33.8 Å². The van der Waals surface area contributed by atoms with E-state index in [0.717, 1.165) is 19.8 Å².